The largest absolute Gasteiger partial charge is 0.391 e. The highest BCUT2D eigenvalue weighted by atomic mass is 16.3. The highest BCUT2D eigenvalue weighted by molar-refractivity contribution is 6.00. The molecule has 0 bridgehead atoms. The Balaban J connectivity index is 1.28. The lowest BCUT2D eigenvalue weighted by Gasteiger charge is -2.35. The van der Waals surface area contributed by atoms with Crippen molar-refractivity contribution in [2.45, 2.75) is 153 Å². The first-order valence-corrected chi connectivity index (χ1v) is 24.8. The van der Waals surface area contributed by atoms with Gasteiger partial charge in [0.1, 0.15) is 48.3 Å². The minimum atomic E-state index is -1.48. The lowest BCUT2D eigenvalue weighted by molar-refractivity contribution is -0.147. The van der Waals surface area contributed by atoms with Crippen LogP contribution in [0.5, 0.6) is 0 Å². The maximum atomic E-state index is 14.9. The van der Waals surface area contributed by atoms with Crippen molar-refractivity contribution in [1.82, 2.24) is 46.3 Å². The van der Waals surface area contributed by atoms with Crippen molar-refractivity contribution >= 4 is 58.2 Å². The predicted octanol–water partition coefficient (Wildman–Crippen LogP) is 1.84. The third-order valence-corrected chi connectivity index (χ3v) is 14.3. The van der Waals surface area contributed by atoms with Crippen LogP contribution in [0.25, 0.3) is 10.9 Å². The molecule has 0 aliphatic carbocycles. The van der Waals surface area contributed by atoms with Gasteiger partial charge in [0.25, 0.3) is 0 Å². The molecule has 4 aliphatic heterocycles. The zero-order chi connectivity index (χ0) is 49.5. The van der Waals surface area contributed by atoms with Gasteiger partial charge in [0.05, 0.1) is 6.10 Å². The number of hydrogen-bond acceptors (Lipinski definition) is 9. The minimum Gasteiger partial charge on any atom is -0.391 e. The summed E-state index contributed by atoms with van der Waals surface area (Å²) in [5.74, 6) is -5.28. The van der Waals surface area contributed by atoms with Gasteiger partial charge in [0.2, 0.25) is 47.3 Å². The Morgan fingerprint density at radius 3 is 1.64 bits per heavy atom. The van der Waals surface area contributed by atoms with Crippen LogP contribution in [0, 0.1) is 11.8 Å². The normalized spacial score (nSPS) is 28.0. The van der Waals surface area contributed by atoms with Crippen molar-refractivity contribution in [2.75, 3.05) is 19.6 Å². The Labute approximate surface area is 403 Å². The molecule has 18 nitrogen and oxygen atoms in total. The van der Waals surface area contributed by atoms with Gasteiger partial charge in [-0.15, -0.1) is 0 Å². The summed E-state index contributed by atoms with van der Waals surface area (Å²) in [6.07, 6.45) is 3.36. The molecule has 8 amide bonds. The van der Waals surface area contributed by atoms with E-state index in [1.54, 1.807) is 6.20 Å². The van der Waals surface area contributed by atoms with E-state index in [9.17, 15) is 43.5 Å². The Morgan fingerprint density at radius 2 is 1.06 bits per heavy atom. The number of aliphatic hydroxyl groups is 1. The van der Waals surface area contributed by atoms with Gasteiger partial charge in [0.15, 0.2) is 0 Å². The van der Waals surface area contributed by atoms with Crippen LogP contribution in [0.3, 0.4) is 0 Å². The van der Waals surface area contributed by atoms with Crippen LogP contribution in [0.2, 0.25) is 0 Å². The van der Waals surface area contributed by atoms with Crippen LogP contribution in [0.1, 0.15) is 97.1 Å². The summed E-state index contributed by atoms with van der Waals surface area (Å²) in [5.41, 5.74) is 2.30. The molecular weight excluding hydrogens is 883 g/mol. The highest BCUT2D eigenvalue weighted by Crippen LogP contribution is 2.26. The molecule has 7 N–H and O–H groups in total. The quantitative estimate of drug-likeness (QED) is 0.165. The van der Waals surface area contributed by atoms with E-state index in [0.29, 0.717) is 32.1 Å². The molecular formula is C51H69N9O9. The third kappa shape index (κ3) is 11.6. The van der Waals surface area contributed by atoms with Crippen molar-refractivity contribution in [3.05, 3.63) is 71.9 Å². The van der Waals surface area contributed by atoms with Crippen LogP contribution >= 0.6 is 0 Å². The second-order valence-electron chi connectivity index (χ2n) is 19.7. The average Bonchev–Trinajstić information content (AvgIpc) is 4.18. The second kappa shape index (κ2) is 22.4. The lowest BCUT2D eigenvalue weighted by atomic mass is 9.96. The van der Waals surface area contributed by atoms with Crippen LogP contribution in [-0.2, 0) is 51.2 Å². The summed E-state index contributed by atoms with van der Waals surface area (Å²) in [5, 5.41) is 26.2. The van der Waals surface area contributed by atoms with Gasteiger partial charge in [-0.05, 0) is 80.9 Å². The molecule has 0 unspecified atom stereocenters. The van der Waals surface area contributed by atoms with E-state index in [1.165, 1.54) is 21.6 Å². The van der Waals surface area contributed by atoms with Gasteiger partial charge in [0, 0.05) is 49.6 Å². The number of nitrogens with one attached hydrogen (secondary N) is 6. The Hall–Kier alpha value is -6.30. The van der Waals surface area contributed by atoms with Crippen molar-refractivity contribution < 1.29 is 43.5 Å². The number of carbonyl (C=O) groups excluding carboxylic acids is 8. The number of aromatic amines is 1. The summed E-state index contributed by atoms with van der Waals surface area (Å²) < 4.78 is 0. The summed E-state index contributed by atoms with van der Waals surface area (Å²) in [6, 6.07) is 7.53. The Bertz CT molecular complexity index is 2370. The first-order chi connectivity index (χ1) is 33.1. The third-order valence-electron chi connectivity index (χ3n) is 14.3. The molecule has 18 heteroatoms. The summed E-state index contributed by atoms with van der Waals surface area (Å²) in [4.78, 5) is 124. The van der Waals surface area contributed by atoms with Crippen LogP contribution < -0.4 is 26.6 Å². The molecule has 1 aromatic heterocycles. The van der Waals surface area contributed by atoms with Crippen LogP contribution in [0.15, 0.2) is 60.8 Å². The maximum Gasteiger partial charge on any atom is 0.248 e. The SMILES string of the molecule is CC[C@H](C)[C@@H]1NC(=O)[C@@H]2CCCN2C(=O)[C@H]([C@@H](C)O)NC(=O)[C@H](CC(C)C)NC(=O)[C@H]2CCCN2C(=O)[C@H](Cc2ccccc2)NC(=O)[C@H](Cc2c[nH]c3ccccc23)NC(=O)[C@@H]2CCCN2C1=O. The highest BCUT2D eigenvalue weighted by Gasteiger charge is 2.45. The molecule has 0 radical (unpaired) electrons. The Morgan fingerprint density at radius 1 is 0.565 bits per heavy atom. The predicted molar refractivity (Wildman–Crippen MR) is 257 cm³/mol. The van der Waals surface area contributed by atoms with Gasteiger partial charge in [-0.1, -0.05) is 82.6 Å². The number of para-hydroxylation sites is 1. The number of benzene rings is 2. The number of amides is 8. The summed E-state index contributed by atoms with van der Waals surface area (Å²) >= 11 is 0. The van der Waals surface area contributed by atoms with Gasteiger partial charge >= 0.3 is 0 Å². The standard InChI is InChI=1S/C51H69N9O9/c1-6-30(4)42-50(68)59-23-13-20-40(59)47(65)54-37(27-33-28-52-35-18-11-10-17-34(33)35)44(62)55-38(26-32-15-8-7-9-16-32)49(67)58-22-12-19-39(58)46(64)53-36(25-29(2)3)45(63)57-43(31(5)61)51(69)60-24-14-21-41(60)48(66)56-42/h7-11,15-18,28-31,36-43,52,61H,6,12-14,19-27H2,1-5H3,(H,53,64)(H,54,65)(H,55,62)(H,56,66)(H,57,63)/t30-,31+,36-,37-,38-,39+,40-,41-,42-,43-/m0/s1. The molecule has 5 heterocycles. The van der Waals surface area contributed by atoms with Crippen LogP contribution in [-0.4, -0.2) is 146 Å². The van der Waals surface area contributed by atoms with Crippen molar-refractivity contribution in [3.8, 4) is 0 Å². The molecule has 0 saturated carbocycles. The fourth-order valence-corrected chi connectivity index (χ4v) is 10.3. The molecule has 0 spiro atoms. The monoisotopic (exact) mass is 952 g/mol. The van der Waals surface area contributed by atoms with E-state index >= 15 is 0 Å². The van der Waals surface area contributed by atoms with E-state index in [4.69, 9.17) is 0 Å². The van der Waals surface area contributed by atoms with Crippen molar-refractivity contribution in [1.29, 1.82) is 0 Å². The summed E-state index contributed by atoms with van der Waals surface area (Å²) in [6.45, 7) is 9.37. The number of aromatic nitrogens is 1. The smallest absolute Gasteiger partial charge is 0.248 e. The lowest BCUT2D eigenvalue weighted by Crippen LogP contribution is -2.62. The van der Waals surface area contributed by atoms with Crippen LogP contribution in [0.4, 0.5) is 0 Å². The molecule has 2 aromatic carbocycles. The van der Waals surface area contributed by atoms with Crippen molar-refractivity contribution in [2.24, 2.45) is 11.8 Å². The molecule has 10 atom stereocenters. The fourth-order valence-electron chi connectivity index (χ4n) is 10.3. The van der Waals surface area contributed by atoms with Crippen molar-refractivity contribution in [3.63, 3.8) is 0 Å². The van der Waals surface area contributed by atoms with Gasteiger partial charge < -0.3 is 51.4 Å². The molecule has 7 rings (SSSR count). The second-order valence-corrected chi connectivity index (χ2v) is 19.7. The van der Waals surface area contributed by atoms with E-state index in [0.717, 1.165) is 22.0 Å². The molecule has 69 heavy (non-hydrogen) atoms. The number of nitrogens with zero attached hydrogens (tertiary/aromatic N) is 3. The fraction of sp³-hybridized carbons (Fsp3) is 0.569. The topological polar surface area (TPSA) is 242 Å². The number of rotatable bonds is 9. The van der Waals surface area contributed by atoms with Gasteiger partial charge in [-0.25, -0.2) is 0 Å². The number of fused-ring (bicyclic) bond motifs is 4. The molecule has 4 aliphatic rings. The number of hydrogen-bond donors (Lipinski definition) is 7. The number of H-pyrrole nitrogens is 1. The Kier molecular flexibility index (Phi) is 16.4. The van der Waals surface area contributed by atoms with Gasteiger partial charge in [-0.3, -0.25) is 38.4 Å². The first-order valence-electron chi connectivity index (χ1n) is 24.8. The minimum absolute atomic E-state index is 0.0284. The molecule has 4 fully saturated rings. The van der Waals surface area contributed by atoms with E-state index in [1.807, 2.05) is 82.3 Å². The van der Waals surface area contributed by atoms with E-state index in [2.05, 4.69) is 31.6 Å². The maximum absolute atomic E-state index is 14.9. The van der Waals surface area contributed by atoms with E-state index < -0.39 is 102 Å². The molecule has 3 aromatic rings. The first kappa shape index (κ1) is 50.6. The average molecular weight is 952 g/mol. The van der Waals surface area contributed by atoms with Gasteiger partial charge in [-0.2, -0.15) is 0 Å². The summed E-state index contributed by atoms with van der Waals surface area (Å²) in [7, 11) is 0. The molecule has 4 saturated heterocycles. The van der Waals surface area contributed by atoms with E-state index in [-0.39, 0.29) is 63.6 Å². The zero-order valence-electron chi connectivity index (χ0n) is 40.4. The number of aliphatic hydroxyl groups excluding tert-OH is 1. The number of carbonyl (C=O) groups is 8. The zero-order valence-corrected chi connectivity index (χ0v) is 40.4. The molecule has 372 valence electrons.